The number of nitrogens with zero attached hydrogens (tertiary/aromatic N) is 1. The first-order chi connectivity index (χ1) is 20.6. The number of carbonyl (C=O) groups is 3. The predicted molar refractivity (Wildman–Crippen MR) is 171 cm³/mol. The summed E-state index contributed by atoms with van der Waals surface area (Å²) in [6, 6.07) is 20.1. The van der Waals surface area contributed by atoms with Crippen LogP contribution in [0.1, 0.15) is 40.9 Å². The number of fused-ring (bicyclic) bond motifs is 1. The van der Waals surface area contributed by atoms with Crippen LogP contribution in [0.15, 0.2) is 78.2 Å². The lowest BCUT2D eigenvalue weighted by atomic mass is 9.96. The van der Waals surface area contributed by atoms with Gasteiger partial charge in [0.25, 0.3) is 11.8 Å². The van der Waals surface area contributed by atoms with Gasteiger partial charge in [0, 0.05) is 27.1 Å². The summed E-state index contributed by atoms with van der Waals surface area (Å²) in [5.41, 5.74) is 2.46. The number of thiophene rings is 1. The molecule has 0 unspecified atom stereocenters. The average molecular weight is 618 g/mol. The Morgan fingerprint density at radius 3 is 2.51 bits per heavy atom. The fourth-order valence-corrected chi connectivity index (χ4v) is 7.53. The first kappa shape index (κ1) is 30.6. The SMILES string of the molecule is Cc1c(O)cccc1C(=O)N[C@@H](Cc1ccccc1)[C@H](O)C(=O)N1CSC(C)(C)[C@H]1C(=O)NCc1csc2ccccc12. The van der Waals surface area contributed by atoms with Crippen molar-refractivity contribution in [3.8, 4) is 5.75 Å². The molecule has 8 nitrogen and oxygen atoms in total. The molecule has 0 bridgehead atoms. The van der Waals surface area contributed by atoms with Crippen molar-refractivity contribution < 1.29 is 24.6 Å². The fourth-order valence-electron chi connectivity index (χ4n) is 5.43. The summed E-state index contributed by atoms with van der Waals surface area (Å²) in [4.78, 5) is 42.3. The van der Waals surface area contributed by atoms with Crippen LogP contribution in [-0.2, 0) is 22.6 Å². The van der Waals surface area contributed by atoms with Crippen molar-refractivity contribution in [2.75, 3.05) is 5.88 Å². The zero-order valence-electron chi connectivity index (χ0n) is 24.2. The second-order valence-corrected chi connectivity index (χ2v) is 13.7. The van der Waals surface area contributed by atoms with Crippen LogP contribution in [0.25, 0.3) is 10.1 Å². The van der Waals surface area contributed by atoms with Gasteiger partial charge in [-0.15, -0.1) is 23.1 Å². The fraction of sp³-hybridized carbons (Fsp3) is 0.303. The number of amides is 3. The van der Waals surface area contributed by atoms with Crippen LogP contribution in [0.5, 0.6) is 5.75 Å². The highest BCUT2D eigenvalue weighted by Gasteiger charge is 2.49. The van der Waals surface area contributed by atoms with E-state index in [1.54, 1.807) is 30.4 Å². The van der Waals surface area contributed by atoms with Crippen molar-refractivity contribution in [3.63, 3.8) is 0 Å². The maximum Gasteiger partial charge on any atom is 0.254 e. The van der Waals surface area contributed by atoms with Crippen LogP contribution in [0.2, 0.25) is 0 Å². The Hall–Kier alpha value is -3.86. The Bertz CT molecular complexity index is 1640. The molecule has 10 heteroatoms. The van der Waals surface area contributed by atoms with E-state index in [-0.39, 0.29) is 29.5 Å². The largest absolute Gasteiger partial charge is 0.508 e. The van der Waals surface area contributed by atoms with Crippen LogP contribution >= 0.6 is 23.1 Å². The molecule has 5 rings (SSSR count). The maximum atomic E-state index is 13.9. The molecular weight excluding hydrogens is 583 g/mol. The molecule has 3 aromatic carbocycles. The lowest BCUT2D eigenvalue weighted by molar-refractivity contribution is -0.147. The normalized spacial score (nSPS) is 17.4. The number of aliphatic hydroxyl groups is 1. The first-order valence-electron chi connectivity index (χ1n) is 14.1. The van der Waals surface area contributed by atoms with E-state index < -0.39 is 34.7 Å². The van der Waals surface area contributed by atoms with Crippen LogP contribution in [-0.4, -0.2) is 61.6 Å². The Morgan fingerprint density at radius 1 is 1.02 bits per heavy atom. The number of benzene rings is 3. The van der Waals surface area contributed by atoms with Gasteiger partial charge in [0.2, 0.25) is 5.91 Å². The lowest BCUT2D eigenvalue weighted by Crippen LogP contribution is -2.58. The third-order valence-electron chi connectivity index (χ3n) is 7.89. The quantitative estimate of drug-likeness (QED) is 0.218. The van der Waals surface area contributed by atoms with Gasteiger partial charge < -0.3 is 25.7 Å². The average Bonchev–Trinajstić information content (AvgIpc) is 3.56. The van der Waals surface area contributed by atoms with E-state index in [0.717, 1.165) is 21.2 Å². The van der Waals surface area contributed by atoms with Gasteiger partial charge in [0.15, 0.2) is 6.10 Å². The van der Waals surface area contributed by atoms with Crippen LogP contribution in [0.4, 0.5) is 0 Å². The van der Waals surface area contributed by atoms with Crippen molar-refractivity contribution in [3.05, 3.63) is 100 Å². The molecular formula is C33H35N3O5S2. The molecule has 2 heterocycles. The highest BCUT2D eigenvalue weighted by atomic mass is 32.2. The van der Waals surface area contributed by atoms with E-state index in [2.05, 4.69) is 10.6 Å². The summed E-state index contributed by atoms with van der Waals surface area (Å²) in [5, 5.41) is 30.6. The Kier molecular flexibility index (Phi) is 9.10. The van der Waals surface area contributed by atoms with Gasteiger partial charge >= 0.3 is 0 Å². The van der Waals surface area contributed by atoms with Crippen molar-refractivity contribution in [2.24, 2.45) is 0 Å². The van der Waals surface area contributed by atoms with Gasteiger partial charge in [-0.2, -0.15) is 0 Å². The zero-order valence-corrected chi connectivity index (χ0v) is 25.9. The first-order valence-corrected chi connectivity index (χ1v) is 15.9. The van der Waals surface area contributed by atoms with E-state index in [4.69, 9.17) is 0 Å². The van der Waals surface area contributed by atoms with Crippen molar-refractivity contribution >= 4 is 50.9 Å². The van der Waals surface area contributed by atoms with E-state index in [1.165, 1.54) is 22.7 Å². The van der Waals surface area contributed by atoms with Crippen molar-refractivity contribution in [2.45, 2.75) is 56.7 Å². The molecule has 0 spiro atoms. The van der Waals surface area contributed by atoms with Crippen molar-refractivity contribution in [1.82, 2.24) is 15.5 Å². The monoisotopic (exact) mass is 617 g/mol. The second kappa shape index (κ2) is 12.8. The molecule has 3 atom stereocenters. The molecule has 4 N–H and O–H groups in total. The van der Waals surface area contributed by atoms with E-state index >= 15 is 0 Å². The molecule has 0 aliphatic carbocycles. The highest BCUT2D eigenvalue weighted by Crippen LogP contribution is 2.40. The number of hydrogen-bond acceptors (Lipinski definition) is 7. The Morgan fingerprint density at radius 2 is 1.74 bits per heavy atom. The number of phenolic OH excluding ortho intramolecular Hbond substituents is 1. The summed E-state index contributed by atoms with van der Waals surface area (Å²) in [6.07, 6.45) is -1.43. The molecule has 43 heavy (non-hydrogen) atoms. The minimum absolute atomic E-state index is 0.0236. The molecule has 1 saturated heterocycles. The molecule has 0 saturated carbocycles. The van der Waals surface area contributed by atoms with Gasteiger partial charge in [0.05, 0.1) is 11.9 Å². The van der Waals surface area contributed by atoms with Gasteiger partial charge in [-0.1, -0.05) is 54.6 Å². The standard InChI is InChI=1S/C33H35N3O5S2/c1-20-23(13-9-14-26(20)37)30(39)35-25(16-21-10-5-4-6-11-21)28(38)32(41)36-19-43-33(2,3)29(36)31(40)34-17-22-18-42-27-15-8-7-12-24(22)27/h4-15,18,25,28-29,37-38H,16-17,19H2,1-3H3,(H,34,40)(H,35,39)/t25-,28-,29+/m0/s1. The number of aromatic hydroxyl groups is 1. The van der Waals surface area contributed by atoms with Crippen molar-refractivity contribution in [1.29, 1.82) is 0 Å². The molecule has 224 valence electrons. The summed E-state index contributed by atoms with van der Waals surface area (Å²) < 4.78 is 0.531. The number of carbonyl (C=O) groups excluding carboxylic acids is 3. The Labute approximate surface area is 259 Å². The molecule has 1 aliphatic heterocycles. The molecule has 1 aliphatic rings. The minimum Gasteiger partial charge on any atom is -0.508 e. The number of phenols is 1. The van der Waals surface area contributed by atoms with E-state index in [1.807, 2.05) is 73.8 Å². The number of aliphatic hydroxyl groups excluding tert-OH is 1. The summed E-state index contributed by atoms with van der Waals surface area (Å²) in [6.45, 7) is 5.77. The number of nitrogens with one attached hydrogen (secondary N) is 2. The topological polar surface area (TPSA) is 119 Å². The van der Waals surface area contributed by atoms with E-state index in [0.29, 0.717) is 12.1 Å². The van der Waals surface area contributed by atoms with E-state index in [9.17, 15) is 24.6 Å². The number of rotatable bonds is 9. The molecule has 4 aromatic rings. The maximum absolute atomic E-state index is 13.9. The minimum atomic E-state index is -1.62. The molecule has 0 radical (unpaired) electrons. The van der Waals surface area contributed by atoms with Gasteiger partial charge in [-0.25, -0.2) is 0 Å². The molecule has 3 amide bonds. The zero-order chi connectivity index (χ0) is 30.7. The van der Waals surface area contributed by atoms with Crippen LogP contribution in [0.3, 0.4) is 0 Å². The summed E-state index contributed by atoms with van der Waals surface area (Å²) in [7, 11) is 0. The molecule has 1 aromatic heterocycles. The third-order valence-corrected chi connectivity index (χ3v) is 10.3. The highest BCUT2D eigenvalue weighted by molar-refractivity contribution is 8.00. The summed E-state index contributed by atoms with van der Waals surface area (Å²) in [5.74, 6) is -1.25. The third kappa shape index (κ3) is 6.56. The molecule has 1 fully saturated rings. The smallest absolute Gasteiger partial charge is 0.254 e. The lowest BCUT2D eigenvalue weighted by Gasteiger charge is -2.33. The Balaban J connectivity index is 1.36. The summed E-state index contributed by atoms with van der Waals surface area (Å²) >= 11 is 3.08. The van der Waals surface area contributed by atoms with Crippen LogP contribution in [0, 0.1) is 6.92 Å². The van der Waals surface area contributed by atoms with Gasteiger partial charge in [-0.3, -0.25) is 14.4 Å². The van der Waals surface area contributed by atoms with Crippen LogP contribution < -0.4 is 10.6 Å². The van der Waals surface area contributed by atoms with Gasteiger partial charge in [-0.05, 0) is 67.3 Å². The number of thioether (sulfide) groups is 1. The second-order valence-electron chi connectivity index (χ2n) is 11.2. The van der Waals surface area contributed by atoms with Gasteiger partial charge in [0.1, 0.15) is 11.8 Å². The number of hydrogen-bond donors (Lipinski definition) is 4. The predicted octanol–water partition coefficient (Wildman–Crippen LogP) is 4.61.